The fourth-order valence-corrected chi connectivity index (χ4v) is 14.3. The highest BCUT2D eigenvalue weighted by atomic mass is 32.2. The summed E-state index contributed by atoms with van der Waals surface area (Å²) >= 11 is 0. The van der Waals surface area contributed by atoms with Gasteiger partial charge in [0.2, 0.25) is 0 Å². The van der Waals surface area contributed by atoms with Crippen LogP contribution in [0.2, 0.25) is 16.6 Å². The third-order valence-corrected chi connectivity index (χ3v) is 13.9. The molecule has 0 aliphatic heterocycles. The van der Waals surface area contributed by atoms with Crippen LogP contribution in [0.3, 0.4) is 0 Å². The SMILES string of the molecule is CC(C)[Si](C(=Cc1ccccc1)S(=O)(=O)O)(C(C)C)C(C)C. The second-order valence-electron chi connectivity index (χ2n) is 6.79. The Morgan fingerprint density at radius 3 is 1.68 bits per heavy atom. The first-order chi connectivity index (χ1) is 10.0. The Bertz CT molecular complexity index is 595. The molecule has 0 amide bonds. The van der Waals surface area contributed by atoms with E-state index in [-0.39, 0.29) is 21.2 Å². The van der Waals surface area contributed by atoms with Gasteiger partial charge in [-0.3, -0.25) is 4.55 Å². The van der Waals surface area contributed by atoms with Crippen molar-refractivity contribution in [3.05, 3.63) is 40.4 Å². The maximum Gasteiger partial charge on any atom is 0.286 e. The van der Waals surface area contributed by atoms with E-state index in [0.717, 1.165) is 5.56 Å². The Hall–Kier alpha value is -0.913. The fourth-order valence-electron chi connectivity index (χ4n) is 3.98. The third kappa shape index (κ3) is 3.70. The topological polar surface area (TPSA) is 54.4 Å². The van der Waals surface area contributed by atoms with Crippen LogP contribution in [-0.4, -0.2) is 21.0 Å². The molecule has 1 aromatic carbocycles. The lowest BCUT2D eigenvalue weighted by Crippen LogP contribution is -2.49. The zero-order valence-corrected chi connectivity index (χ0v) is 16.2. The molecular weight excluding hydrogens is 312 g/mol. The second-order valence-corrected chi connectivity index (χ2v) is 14.4. The first-order valence-electron chi connectivity index (χ1n) is 7.79. The molecule has 0 unspecified atom stereocenters. The average Bonchev–Trinajstić information content (AvgIpc) is 2.37. The molecule has 1 N–H and O–H groups in total. The number of rotatable bonds is 6. The van der Waals surface area contributed by atoms with Crippen molar-refractivity contribution in [3.8, 4) is 0 Å². The summed E-state index contributed by atoms with van der Waals surface area (Å²) in [6.45, 7) is 12.5. The molecule has 0 atom stereocenters. The monoisotopic (exact) mass is 340 g/mol. The molecule has 0 aliphatic rings. The van der Waals surface area contributed by atoms with Crippen LogP contribution in [0.1, 0.15) is 47.1 Å². The largest absolute Gasteiger partial charge is 0.286 e. The van der Waals surface area contributed by atoms with Crippen LogP contribution in [0.15, 0.2) is 34.9 Å². The molecule has 5 heteroatoms. The smallest absolute Gasteiger partial charge is 0.282 e. The molecule has 0 aliphatic carbocycles. The Kier molecular flexibility index (Phi) is 6.18. The maximum absolute atomic E-state index is 12.2. The van der Waals surface area contributed by atoms with Gasteiger partial charge < -0.3 is 0 Å². The molecule has 0 bridgehead atoms. The van der Waals surface area contributed by atoms with Crippen LogP contribution in [0, 0.1) is 0 Å². The van der Waals surface area contributed by atoms with E-state index >= 15 is 0 Å². The Morgan fingerprint density at radius 1 is 0.955 bits per heavy atom. The molecular formula is C17H28O3SSi. The highest BCUT2D eigenvalue weighted by Crippen LogP contribution is 2.48. The molecule has 0 saturated heterocycles. The molecule has 0 radical (unpaired) electrons. The third-order valence-electron chi connectivity index (χ3n) is 4.67. The van der Waals surface area contributed by atoms with Gasteiger partial charge in [-0.25, -0.2) is 0 Å². The first kappa shape index (κ1) is 19.1. The van der Waals surface area contributed by atoms with Gasteiger partial charge >= 0.3 is 0 Å². The first-order valence-corrected chi connectivity index (χ1v) is 11.5. The lowest BCUT2D eigenvalue weighted by molar-refractivity contribution is 0.492. The highest BCUT2D eigenvalue weighted by molar-refractivity contribution is 7.92. The van der Waals surface area contributed by atoms with Gasteiger partial charge in [0.25, 0.3) is 10.1 Å². The standard InChI is InChI=1S/C17H28O3SSi/c1-13(2)22(14(3)4,15(5)6)17(21(18,19)20)12-16-10-8-7-9-11-16/h7-15H,1-6H3,(H,18,19,20). The fraction of sp³-hybridized carbons (Fsp3) is 0.529. The van der Waals surface area contributed by atoms with Gasteiger partial charge in [-0.2, -0.15) is 8.42 Å². The van der Waals surface area contributed by atoms with Gasteiger partial charge in [0.15, 0.2) is 0 Å². The number of hydrogen-bond donors (Lipinski definition) is 1. The quantitative estimate of drug-likeness (QED) is 0.576. The van der Waals surface area contributed by atoms with Gasteiger partial charge in [-0.15, -0.1) is 0 Å². The van der Waals surface area contributed by atoms with E-state index < -0.39 is 18.2 Å². The Labute approximate surface area is 136 Å². The van der Waals surface area contributed by atoms with E-state index in [0.29, 0.717) is 0 Å². The zero-order valence-electron chi connectivity index (χ0n) is 14.4. The highest BCUT2D eigenvalue weighted by Gasteiger charge is 2.50. The average molecular weight is 341 g/mol. The van der Waals surface area contributed by atoms with Gasteiger partial charge in [0.05, 0.1) is 4.53 Å². The van der Waals surface area contributed by atoms with Crippen LogP contribution >= 0.6 is 0 Å². The molecule has 3 nitrogen and oxygen atoms in total. The lowest BCUT2D eigenvalue weighted by Gasteiger charge is -2.43. The van der Waals surface area contributed by atoms with E-state index in [9.17, 15) is 13.0 Å². The van der Waals surface area contributed by atoms with Crippen LogP contribution in [0.4, 0.5) is 0 Å². The zero-order chi connectivity index (χ0) is 17.1. The predicted molar refractivity (Wildman–Crippen MR) is 97.0 cm³/mol. The van der Waals surface area contributed by atoms with E-state index in [1.54, 1.807) is 6.08 Å². The second kappa shape index (κ2) is 7.11. The summed E-state index contributed by atoms with van der Waals surface area (Å²) in [5.74, 6) is 0. The molecule has 124 valence electrons. The van der Waals surface area contributed by atoms with E-state index in [1.165, 1.54) is 0 Å². The molecule has 0 saturated carbocycles. The molecule has 0 aromatic heterocycles. The van der Waals surface area contributed by atoms with Crippen molar-refractivity contribution < 1.29 is 13.0 Å². The Morgan fingerprint density at radius 2 is 1.36 bits per heavy atom. The summed E-state index contributed by atoms with van der Waals surface area (Å²) in [5.41, 5.74) is 1.45. The maximum atomic E-state index is 12.2. The van der Waals surface area contributed by atoms with Crippen LogP contribution in [-0.2, 0) is 10.1 Å². The van der Waals surface area contributed by atoms with Gasteiger partial charge in [-0.05, 0) is 28.3 Å². The normalized spacial score (nSPS) is 14.2. The van der Waals surface area contributed by atoms with Crippen molar-refractivity contribution in [3.63, 3.8) is 0 Å². The summed E-state index contributed by atoms with van der Waals surface area (Å²) in [6.07, 6.45) is 1.68. The minimum Gasteiger partial charge on any atom is -0.282 e. The van der Waals surface area contributed by atoms with Crippen molar-refractivity contribution >= 4 is 24.3 Å². The van der Waals surface area contributed by atoms with Crippen molar-refractivity contribution in [1.82, 2.24) is 0 Å². The number of benzene rings is 1. The summed E-state index contributed by atoms with van der Waals surface area (Å²) in [7, 11) is -6.69. The Balaban J connectivity index is 3.72. The molecule has 1 rings (SSSR count). The summed E-state index contributed by atoms with van der Waals surface area (Å²) in [5, 5.41) is 0. The van der Waals surface area contributed by atoms with Gasteiger partial charge in [0, 0.05) is 0 Å². The van der Waals surface area contributed by atoms with Crippen molar-refractivity contribution in [2.45, 2.75) is 58.2 Å². The van der Waals surface area contributed by atoms with E-state index in [4.69, 9.17) is 0 Å². The van der Waals surface area contributed by atoms with Crippen molar-refractivity contribution in [1.29, 1.82) is 0 Å². The molecule has 0 spiro atoms. The summed E-state index contributed by atoms with van der Waals surface area (Å²) in [6, 6.07) is 9.37. The van der Waals surface area contributed by atoms with E-state index in [1.807, 2.05) is 30.3 Å². The number of hydrogen-bond acceptors (Lipinski definition) is 2. The van der Waals surface area contributed by atoms with Gasteiger partial charge in [0.1, 0.15) is 8.07 Å². The molecule has 1 aromatic rings. The minimum atomic E-state index is -4.23. The molecule has 22 heavy (non-hydrogen) atoms. The molecule has 0 fully saturated rings. The lowest BCUT2D eigenvalue weighted by atomic mass is 10.2. The van der Waals surface area contributed by atoms with Crippen LogP contribution in [0.25, 0.3) is 6.08 Å². The van der Waals surface area contributed by atoms with Crippen molar-refractivity contribution in [2.75, 3.05) is 0 Å². The van der Waals surface area contributed by atoms with Crippen LogP contribution in [0.5, 0.6) is 0 Å². The predicted octanol–water partition coefficient (Wildman–Crippen LogP) is 5.13. The summed E-state index contributed by atoms with van der Waals surface area (Å²) < 4.78 is 34.7. The van der Waals surface area contributed by atoms with E-state index in [2.05, 4.69) is 41.5 Å². The summed E-state index contributed by atoms with van der Waals surface area (Å²) in [4.78, 5) is 0. The minimum absolute atomic E-state index is 0.212. The van der Waals surface area contributed by atoms with Gasteiger partial charge in [-0.1, -0.05) is 71.9 Å². The van der Waals surface area contributed by atoms with Crippen LogP contribution < -0.4 is 0 Å². The van der Waals surface area contributed by atoms with Crippen molar-refractivity contribution in [2.24, 2.45) is 0 Å². The molecule has 0 heterocycles.